The molecule has 4 atom stereocenters. The minimum Gasteiger partial charge on any atom is -0.327 e. The van der Waals surface area contributed by atoms with Crippen LogP contribution >= 0.6 is 15.9 Å². The number of fused-ring (bicyclic) bond motifs is 1. The summed E-state index contributed by atoms with van der Waals surface area (Å²) in [6, 6.07) is 5.25. The Morgan fingerprint density at radius 2 is 1.90 bits per heavy atom. The largest absolute Gasteiger partial charge is 0.327 e. The van der Waals surface area contributed by atoms with Gasteiger partial charge in [-0.1, -0.05) is 41.6 Å². The fourth-order valence-electron chi connectivity index (χ4n) is 4.42. The molecular formula is C18H25BrFN. The van der Waals surface area contributed by atoms with E-state index in [1.165, 1.54) is 51.0 Å². The Balaban J connectivity index is 1.62. The SMILES string of the molecule is NC(Cc1cc(Br)ccc1F)C1CCC2CCCCC2C1. The molecule has 0 spiro atoms. The Morgan fingerprint density at radius 3 is 2.71 bits per heavy atom. The maximum Gasteiger partial charge on any atom is 0.126 e. The number of benzene rings is 1. The first kappa shape index (κ1) is 15.5. The highest BCUT2D eigenvalue weighted by Gasteiger charge is 2.34. The van der Waals surface area contributed by atoms with Gasteiger partial charge in [-0.2, -0.15) is 0 Å². The maximum absolute atomic E-state index is 13.9. The van der Waals surface area contributed by atoms with Crippen molar-refractivity contribution in [2.75, 3.05) is 0 Å². The number of rotatable bonds is 3. The summed E-state index contributed by atoms with van der Waals surface area (Å²) in [4.78, 5) is 0. The second-order valence-electron chi connectivity index (χ2n) is 6.98. The van der Waals surface area contributed by atoms with Gasteiger partial charge >= 0.3 is 0 Å². The van der Waals surface area contributed by atoms with Gasteiger partial charge in [0.15, 0.2) is 0 Å². The van der Waals surface area contributed by atoms with E-state index in [2.05, 4.69) is 15.9 Å². The van der Waals surface area contributed by atoms with Gasteiger partial charge in [-0.15, -0.1) is 0 Å². The summed E-state index contributed by atoms with van der Waals surface area (Å²) in [6.45, 7) is 0. The van der Waals surface area contributed by atoms with Crippen molar-refractivity contribution in [3.05, 3.63) is 34.1 Å². The smallest absolute Gasteiger partial charge is 0.126 e. The lowest BCUT2D eigenvalue weighted by atomic mass is 9.66. The maximum atomic E-state index is 13.9. The molecule has 2 saturated carbocycles. The molecule has 3 heteroatoms. The first-order valence-corrected chi connectivity index (χ1v) is 9.12. The number of hydrogen-bond donors (Lipinski definition) is 1. The molecule has 116 valence electrons. The molecule has 3 rings (SSSR count). The molecule has 2 aliphatic rings. The van der Waals surface area contributed by atoms with E-state index in [0.29, 0.717) is 12.3 Å². The fraction of sp³-hybridized carbons (Fsp3) is 0.667. The second kappa shape index (κ2) is 6.78. The molecule has 0 aliphatic heterocycles. The number of nitrogens with two attached hydrogens (primary N) is 1. The van der Waals surface area contributed by atoms with E-state index >= 15 is 0 Å². The summed E-state index contributed by atoms with van der Waals surface area (Å²) in [7, 11) is 0. The highest BCUT2D eigenvalue weighted by molar-refractivity contribution is 9.10. The minimum atomic E-state index is -0.125. The molecule has 0 aromatic heterocycles. The van der Waals surface area contributed by atoms with Gasteiger partial charge in [0.25, 0.3) is 0 Å². The van der Waals surface area contributed by atoms with Gasteiger partial charge in [0.1, 0.15) is 5.82 Å². The third-order valence-corrected chi connectivity index (χ3v) is 6.14. The van der Waals surface area contributed by atoms with Gasteiger partial charge in [0.2, 0.25) is 0 Å². The summed E-state index contributed by atoms with van der Waals surface area (Å²) < 4.78 is 14.8. The van der Waals surface area contributed by atoms with Crippen LogP contribution in [-0.2, 0) is 6.42 Å². The van der Waals surface area contributed by atoms with Crippen LogP contribution in [0.15, 0.2) is 22.7 Å². The predicted molar refractivity (Wildman–Crippen MR) is 88.6 cm³/mol. The predicted octanol–water partition coefficient (Wildman–Crippen LogP) is 5.06. The lowest BCUT2D eigenvalue weighted by molar-refractivity contribution is 0.117. The standard InChI is InChI=1S/C18H25BrFN/c19-16-7-8-17(20)15(10-16)11-18(21)14-6-5-12-3-1-2-4-13(12)9-14/h7-8,10,12-14,18H,1-6,9,11,21H2. The minimum absolute atomic E-state index is 0.0941. The number of hydrogen-bond acceptors (Lipinski definition) is 1. The van der Waals surface area contributed by atoms with Crippen LogP contribution in [0.5, 0.6) is 0 Å². The van der Waals surface area contributed by atoms with Gasteiger partial charge in [0.05, 0.1) is 0 Å². The first-order chi connectivity index (χ1) is 10.1. The van der Waals surface area contributed by atoms with E-state index in [-0.39, 0.29) is 11.9 Å². The van der Waals surface area contributed by atoms with Gasteiger partial charge in [0, 0.05) is 10.5 Å². The van der Waals surface area contributed by atoms with Gasteiger partial charge in [-0.3, -0.25) is 0 Å². The van der Waals surface area contributed by atoms with E-state index in [4.69, 9.17) is 5.73 Å². The van der Waals surface area contributed by atoms with Gasteiger partial charge in [-0.05, 0) is 67.2 Å². The molecule has 0 bridgehead atoms. The monoisotopic (exact) mass is 353 g/mol. The Kier molecular flexibility index (Phi) is 5.00. The van der Waals surface area contributed by atoms with Crippen molar-refractivity contribution in [1.82, 2.24) is 0 Å². The van der Waals surface area contributed by atoms with Gasteiger partial charge in [-0.25, -0.2) is 4.39 Å². The topological polar surface area (TPSA) is 26.0 Å². The zero-order valence-corrected chi connectivity index (χ0v) is 14.1. The molecule has 1 nitrogen and oxygen atoms in total. The highest BCUT2D eigenvalue weighted by Crippen LogP contribution is 2.43. The summed E-state index contributed by atoms with van der Waals surface area (Å²) in [5.74, 6) is 2.28. The Labute approximate surface area is 135 Å². The van der Waals surface area contributed by atoms with Crippen LogP contribution in [0.25, 0.3) is 0 Å². The van der Waals surface area contributed by atoms with Crippen molar-refractivity contribution >= 4 is 15.9 Å². The van der Waals surface area contributed by atoms with Crippen LogP contribution in [-0.4, -0.2) is 6.04 Å². The van der Waals surface area contributed by atoms with Crippen molar-refractivity contribution in [3.63, 3.8) is 0 Å². The van der Waals surface area contributed by atoms with Crippen molar-refractivity contribution in [3.8, 4) is 0 Å². The summed E-state index contributed by atoms with van der Waals surface area (Å²) in [5.41, 5.74) is 7.19. The van der Waals surface area contributed by atoms with E-state index < -0.39 is 0 Å². The van der Waals surface area contributed by atoms with Crippen LogP contribution in [0.4, 0.5) is 4.39 Å². The Bertz CT molecular complexity index is 490. The van der Waals surface area contributed by atoms with E-state index in [0.717, 1.165) is 21.9 Å². The zero-order chi connectivity index (χ0) is 14.8. The van der Waals surface area contributed by atoms with Crippen molar-refractivity contribution in [1.29, 1.82) is 0 Å². The molecule has 1 aromatic rings. The molecule has 0 amide bonds. The summed E-state index contributed by atoms with van der Waals surface area (Å²) >= 11 is 3.42. The van der Waals surface area contributed by atoms with Crippen molar-refractivity contribution < 1.29 is 4.39 Å². The van der Waals surface area contributed by atoms with Gasteiger partial charge < -0.3 is 5.73 Å². The van der Waals surface area contributed by atoms with E-state index in [9.17, 15) is 4.39 Å². The lowest BCUT2D eigenvalue weighted by Crippen LogP contribution is -2.39. The van der Waals surface area contributed by atoms with E-state index in [1.54, 1.807) is 6.07 Å². The van der Waals surface area contributed by atoms with Crippen LogP contribution in [0.3, 0.4) is 0 Å². The normalized spacial score (nSPS) is 30.7. The average molecular weight is 354 g/mol. The molecule has 0 saturated heterocycles. The molecule has 0 radical (unpaired) electrons. The quantitative estimate of drug-likeness (QED) is 0.806. The highest BCUT2D eigenvalue weighted by atomic mass is 79.9. The molecule has 0 heterocycles. The molecule has 4 unspecified atom stereocenters. The Hall–Kier alpha value is -0.410. The lowest BCUT2D eigenvalue weighted by Gasteiger charge is -2.41. The molecule has 21 heavy (non-hydrogen) atoms. The first-order valence-electron chi connectivity index (χ1n) is 8.33. The summed E-state index contributed by atoms with van der Waals surface area (Å²) in [6.07, 6.45) is 10.1. The third kappa shape index (κ3) is 3.68. The number of halogens is 2. The molecule has 2 N–H and O–H groups in total. The third-order valence-electron chi connectivity index (χ3n) is 5.65. The second-order valence-corrected chi connectivity index (χ2v) is 7.90. The van der Waals surface area contributed by atoms with E-state index in [1.807, 2.05) is 6.07 Å². The molecule has 2 fully saturated rings. The van der Waals surface area contributed by atoms with Crippen molar-refractivity contribution in [2.45, 2.75) is 57.4 Å². The van der Waals surface area contributed by atoms with Crippen LogP contribution in [0, 0.1) is 23.6 Å². The molecule has 1 aromatic carbocycles. The van der Waals surface area contributed by atoms with Crippen LogP contribution in [0.1, 0.15) is 50.5 Å². The molecular weight excluding hydrogens is 329 g/mol. The zero-order valence-electron chi connectivity index (χ0n) is 12.5. The van der Waals surface area contributed by atoms with Crippen LogP contribution < -0.4 is 5.73 Å². The van der Waals surface area contributed by atoms with Crippen molar-refractivity contribution in [2.24, 2.45) is 23.5 Å². The summed E-state index contributed by atoms with van der Waals surface area (Å²) in [5, 5.41) is 0. The molecule has 2 aliphatic carbocycles. The Morgan fingerprint density at radius 1 is 1.14 bits per heavy atom. The fourth-order valence-corrected chi connectivity index (χ4v) is 4.83. The van der Waals surface area contributed by atoms with Crippen LogP contribution in [0.2, 0.25) is 0 Å². The average Bonchev–Trinajstić information content (AvgIpc) is 2.50.